The summed E-state index contributed by atoms with van der Waals surface area (Å²) in [7, 11) is 0. The van der Waals surface area contributed by atoms with E-state index >= 15 is 0 Å². The van der Waals surface area contributed by atoms with Gasteiger partial charge in [0.2, 0.25) is 0 Å². The van der Waals surface area contributed by atoms with Gasteiger partial charge in [0.1, 0.15) is 5.82 Å². The number of pyridine rings is 1. The Morgan fingerprint density at radius 1 is 0.926 bits per heavy atom. The molecule has 0 radical (unpaired) electrons. The molecule has 0 bridgehead atoms. The molecule has 0 aliphatic rings. The quantitative estimate of drug-likeness (QED) is 0.642. The summed E-state index contributed by atoms with van der Waals surface area (Å²) in [6.07, 6.45) is 1.56. The first-order valence-electron chi connectivity index (χ1n) is 8.52. The predicted octanol–water partition coefficient (Wildman–Crippen LogP) is 4.25. The van der Waals surface area contributed by atoms with Gasteiger partial charge < -0.3 is 15.4 Å². The molecule has 0 saturated carbocycles. The van der Waals surface area contributed by atoms with Gasteiger partial charge in [-0.05, 0) is 55.5 Å². The summed E-state index contributed by atoms with van der Waals surface area (Å²) in [4.78, 5) is 28.3. The lowest BCUT2D eigenvalue weighted by molar-refractivity contribution is 0.0526. The summed E-state index contributed by atoms with van der Waals surface area (Å²) in [5, 5.41) is 5.95. The molecule has 3 rings (SSSR count). The molecule has 136 valence electrons. The van der Waals surface area contributed by atoms with Crippen molar-refractivity contribution in [3.63, 3.8) is 0 Å². The number of hydrogen-bond acceptors (Lipinski definition) is 5. The normalized spacial score (nSPS) is 10.1. The van der Waals surface area contributed by atoms with Crippen molar-refractivity contribution >= 4 is 29.1 Å². The Labute approximate surface area is 157 Å². The Bertz CT molecular complexity index is 925. The van der Waals surface area contributed by atoms with Gasteiger partial charge in [0.15, 0.2) is 0 Å². The van der Waals surface area contributed by atoms with Crippen molar-refractivity contribution in [1.82, 2.24) is 4.98 Å². The fraction of sp³-hybridized carbons (Fsp3) is 0.0952. The van der Waals surface area contributed by atoms with Crippen molar-refractivity contribution in [3.05, 3.63) is 84.1 Å². The zero-order valence-corrected chi connectivity index (χ0v) is 14.8. The van der Waals surface area contributed by atoms with Crippen molar-refractivity contribution in [2.24, 2.45) is 0 Å². The second-order valence-corrected chi connectivity index (χ2v) is 5.67. The van der Waals surface area contributed by atoms with Crippen LogP contribution in [-0.2, 0) is 4.74 Å². The third-order valence-corrected chi connectivity index (χ3v) is 3.72. The number of anilines is 3. The number of carbonyl (C=O) groups is 2. The summed E-state index contributed by atoms with van der Waals surface area (Å²) in [5.74, 6) is -0.0503. The van der Waals surface area contributed by atoms with Crippen LogP contribution in [-0.4, -0.2) is 23.5 Å². The zero-order valence-electron chi connectivity index (χ0n) is 14.8. The highest BCUT2D eigenvalue weighted by atomic mass is 16.5. The lowest BCUT2D eigenvalue weighted by Crippen LogP contribution is -2.12. The summed E-state index contributed by atoms with van der Waals surface area (Å²) in [5.41, 5.74) is 2.44. The molecule has 0 saturated heterocycles. The first-order valence-corrected chi connectivity index (χ1v) is 8.52. The van der Waals surface area contributed by atoms with Crippen molar-refractivity contribution in [3.8, 4) is 0 Å². The van der Waals surface area contributed by atoms with E-state index in [1.54, 1.807) is 49.5 Å². The molecule has 6 nitrogen and oxygen atoms in total. The number of esters is 1. The van der Waals surface area contributed by atoms with E-state index in [-0.39, 0.29) is 11.9 Å². The zero-order chi connectivity index (χ0) is 19.1. The largest absolute Gasteiger partial charge is 0.462 e. The molecule has 1 aromatic heterocycles. The van der Waals surface area contributed by atoms with Gasteiger partial charge in [-0.2, -0.15) is 0 Å². The van der Waals surface area contributed by atoms with Crippen LogP contribution in [0, 0.1) is 0 Å². The molecule has 1 heterocycles. The molecule has 27 heavy (non-hydrogen) atoms. The van der Waals surface area contributed by atoms with Crippen molar-refractivity contribution in [2.45, 2.75) is 6.92 Å². The van der Waals surface area contributed by atoms with Crippen LogP contribution in [0.4, 0.5) is 17.2 Å². The highest BCUT2D eigenvalue weighted by molar-refractivity contribution is 6.04. The molecule has 0 atom stereocenters. The van der Waals surface area contributed by atoms with Crippen LogP contribution in [0.2, 0.25) is 0 Å². The number of nitrogens with zero attached hydrogens (tertiary/aromatic N) is 1. The van der Waals surface area contributed by atoms with Gasteiger partial charge in [-0.15, -0.1) is 0 Å². The van der Waals surface area contributed by atoms with Gasteiger partial charge >= 0.3 is 5.97 Å². The topological polar surface area (TPSA) is 80.3 Å². The van der Waals surface area contributed by atoms with E-state index in [1.165, 1.54) is 0 Å². The molecule has 0 aliphatic carbocycles. The fourth-order valence-corrected chi connectivity index (χ4v) is 2.42. The Hall–Kier alpha value is -3.67. The SMILES string of the molecule is CCOC(=O)c1ccc(Nc2cc(C(=O)Nc3ccccc3)ccn2)cc1. The Morgan fingerprint density at radius 2 is 1.67 bits per heavy atom. The van der Waals surface area contributed by atoms with Crippen LogP contribution in [0.25, 0.3) is 0 Å². The van der Waals surface area contributed by atoms with E-state index in [0.29, 0.717) is 23.6 Å². The average molecular weight is 361 g/mol. The van der Waals surface area contributed by atoms with Crippen LogP contribution in [0.5, 0.6) is 0 Å². The minimum atomic E-state index is -0.359. The summed E-state index contributed by atoms with van der Waals surface area (Å²) < 4.78 is 4.96. The number of benzene rings is 2. The molecule has 0 spiro atoms. The third kappa shape index (κ3) is 4.92. The van der Waals surface area contributed by atoms with Crippen LogP contribution in [0.1, 0.15) is 27.6 Å². The van der Waals surface area contributed by atoms with E-state index in [0.717, 1.165) is 11.4 Å². The summed E-state index contributed by atoms with van der Waals surface area (Å²) in [6.45, 7) is 2.10. The minimum Gasteiger partial charge on any atom is -0.462 e. The smallest absolute Gasteiger partial charge is 0.338 e. The number of para-hydroxylation sites is 1. The molecule has 0 fully saturated rings. The highest BCUT2D eigenvalue weighted by Crippen LogP contribution is 2.17. The molecule has 6 heteroatoms. The van der Waals surface area contributed by atoms with Gasteiger partial charge in [0, 0.05) is 23.1 Å². The Morgan fingerprint density at radius 3 is 2.37 bits per heavy atom. The van der Waals surface area contributed by atoms with E-state index in [1.807, 2.05) is 30.3 Å². The maximum atomic E-state index is 12.4. The number of rotatable bonds is 6. The van der Waals surface area contributed by atoms with Gasteiger partial charge in [-0.3, -0.25) is 4.79 Å². The minimum absolute atomic E-state index is 0.218. The molecule has 3 aromatic rings. The predicted molar refractivity (Wildman–Crippen MR) is 104 cm³/mol. The van der Waals surface area contributed by atoms with Crippen LogP contribution in [0.15, 0.2) is 72.9 Å². The van der Waals surface area contributed by atoms with E-state index in [2.05, 4.69) is 15.6 Å². The van der Waals surface area contributed by atoms with Gasteiger partial charge in [0.05, 0.1) is 12.2 Å². The van der Waals surface area contributed by atoms with Crippen LogP contribution in [0.3, 0.4) is 0 Å². The highest BCUT2D eigenvalue weighted by Gasteiger charge is 2.09. The molecular formula is C21H19N3O3. The maximum absolute atomic E-state index is 12.4. The standard InChI is InChI=1S/C21H19N3O3/c1-2-27-21(26)15-8-10-18(11-9-15)23-19-14-16(12-13-22-19)20(25)24-17-6-4-3-5-7-17/h3-14H,2H2,1H3,(H,22,23)(H,24,25). The number of carbonyl (C=O) groups excluding carboxylic acids is 2. The number of hydrogen-bond donors (Lipinski definition) is 2. The summed E-state index contributed by atoms with van der Waals surface area (Å²) >= 11 is 0. The van der Waals surface area contributed by atoms with Crippen molar-refractivity contribution in [1.29, 1.82) is 0 Å². The molecule has 2 aromatic carbocycles. The van der Waals surface area contributed by atoms with Gasteiger partial charge in [0.25, 0.3) is 5.91 Å². The van der Waals surface area contributed by atoms with Crippen molar-refractivity contribution < 1.29 is 14.3 Å². The number of aromatic nitrogens is 1. The number of amides is 1. The van der Waals surface area contributed by atoms with Crippen LogP contribution >= 0.6 is 0 Å². The number of ether oxygens (including phenoxy) is 1. The monoisotopic (exact) mass is 361 g/mol. The van der Waals surface area contributed by atoms with Gasteiger partial charge in [-0.1, -0.05) is 18.2 Å². The second-order valence-electron chi connectivity index (χ2n) is 5.67. The fourth-order valence-electron chi connectivity index (χ4n) is 2.42. The molecular weight excluding hydrogens is 342 g/mol. The third-order valence-electron chi connectivity index (χ3n) is 3.72. The average Bonchev–Trinajstić information content (AvgIpc) is 2.70. The van der Waals surface area contributed by atoms with E-state index in [4.69, 9.17) is 4.74 Å². The van der Waals surface area contributed by atoms with Gasteiger partial charge in [-0.25, -0.2) is 9.78 Å². The maximum Gasteiger partial charge on any atom is 0.338 e. The number of nitrogens with one attached hydrogen (secondary N) is 2. The lowest BCUT2D eigenvalue weighted by Gasteiger charge is -2.09. The molecule has 0 aliphatic heterocycles. The Kier molecular flexibility index (Phi) is 5.79. The first-order chi connectivity index (χ1) is 13.2. The Balaban J connectivity index is 1.68. The molecule has 0 unspecified atom stereocenters. The molecule has 1 amide bonds. The second kappa shape index (κ2) is 8.62. The lowest BCUT2D eigenvalue weighted by atomic mass is 10.2. The van der Waals surface area contributed by atoms with Crippen molar-refractivity contribution in [2.75, 3.05) is 17.2 Å². The van der Waals surface area contributed by atoms with E-state index < -0.39 is 0 Å². The van der Waals surface area contributed by atoms with E-state index in [9.17, 15) is 9.59 Å². The molecule has 2 N–H and O–H groups in total. The first kappa shape index (κ1) is 18.1. The summed E-state index contributed by atoms with van der Waals surface area (Å²) in [6, 6.07) is 19.4. The van der Waals surface area contributed by atoms with Crippen LogP contribution < -0.4 is 10.6 Å².